The van der Waals surface area contributed by atoms with Gasteiger partial charge in [-0.25, -0.2) is 0 Å². The molecule has 58 valence electrons. The molecule has 10 heavy (non-hydrogen) atoms. The van der Waals surface area contributed by atoms with E-state index in [0.29, 0.717) is 5.92 Å². The molecule has 0 N–H and O–H groups in total. The molecule has 0 aliphatic heterocycles. The molecule has 0 saturated carbocycles. The standard InChI is InChI=1S/C9H16O/c1-4-6-7-9(3)8-10-5-2/h4-6,9H,2,7-8H2,1,3H3/b6-4+. The third kappa shape index (κ3) is 5.42. The van der Waals surface area contributed by atoms with Gasteiger partial charge in [0.1, 0.15) is 0 Å². The Morgan fingerprint density at radius 3 is 2.80 bits per heavy atom. The Morgan fingerprint density at radius 1 is 1.60 bits per heavy atom. The molecule has 0 aromatic carbocycles. The van der Waals surface area contributed by atoms with Crippen LogP contribution in [0.5, 0.6) is 0 Å². The Bertz CT molecular complexity index is 105. The van der Waals surface area contributed by atoms with Crippen molar-refractivity contribution in [2.75, 3.05) is 6.61 Å². The van der Waals surface area contributed by atoms with E-state index < -0.39 is 0 Å². The summed E-state index contributed by atoms with van der Waals surface area (Å²) in [5, 5.41) is 0. The highest BCUT2D eigenvalue weighted by Crippen LogP contribution is 2.02. The van der Waals surface area contributed by atoms with Crippen LogP contribution < -0.4 is 0 Å². The molecule has 0 bridgehead atoms. The van der Waals surface area contributed by atoms with Gasteiger partial charge in [-0.3, -0.25) is 0 Å². The molecule has 0 heterocycles. The molecule has 1 atom stereocenters. The van der Waals surface area contributed by atoms with Crippen molar-refractivity contribution >= 4 is 0 Å². The van der Waals surface area contributed by atoms with Gasteiger partial charge in [0.15, 0.2) is 0 Å². The van der Waals surface area contributed by atoms with Gasteiger partial charge in [0.05, 0.1) is 12.9 Å². The number of ether oxygens (including phenoxy) is 1. The molecular formula is C9H16O. The average molecular weight is 140 g/mol. The van der Waals surface area contributed by atoms with E-state index in [0.717, 1.165) is 13.0 Å². The van der Waals surface area contributed by atoms with Gasteiger partial charge < -0.3 is 4.74 Å². The third-order valence-electron chi connectivity index (χ3n) is 1.27. The van der Waals surface area contributed by atoms with Gasteiger partial charge in [-0.05, 0) is 19.3 Å². The molecule has 0 spiro atoms. The summed E-state index contributed by atoms with van der Waals surface area (Å²) in [7, 11) is 0. The summed E-state index contributed by atoms with van der Waals surface area (Å²) in [6.07, 6.45) is 6.79. The molecule has 0 aromatic heterocycles. The average Bonchev–Trinajstić information content (AvgIpc) is 1.97. The summed E-state index contributed by atoms with van der Waals surface area (Å²) in [4.78, 5) is 0. The van der Waals surface area contributed by atoms with Crippen LogP contribution in [0.15, 0.2) is 25.0 Å². The monoisotopic (exact) mass is 140 g/mol. The van der Waals surface area contributed by atoms with E-state index in [-0.39, 0.29) is 0 Å². The Hall–Kier alpha value is -0.720. The maximum atomic E-state index is 5.02. The lowest BCUT2D eigenvalue weighted by atomic mass is 10.1. The molecule has 0 saturated heterocycles. The van der Waals surface area contributed by atoms with Crippen molar-refractivity contribution in [3.05, 3.63) is 25.0 Å². The second-order valence-electron chi connectivity index (χ2n) is 2.41. The van der Waals surface area contributed by atoms with Crippen molar-refractivity contribution in [1.82, 2.24) is 0 Å². The SMILES string of the molecule is C=COCC(C)C/C=C/C. The van der Waals surface area contributed by atoms with Crippen molar-refractivity contribution in [3.8, 4) is 0 Å². The molecule has 0 rings (SSSR count). The van der Waals surface area contributed by atoms with Gasteiger partial charge in [-0.1, -0.05) is 25.7 Å². The first kappa shape index (κ1) is 9.28. The fourth-order valence-corrected chi connectivity index (χ4v) is 0.669. The highest BCUT2D eigenvalue weighted by atomic mass is 16.5. The van der Waals surface area contributed by atoms with Gasteiger partial charge in [0, 0.05) is 0 Å². The van der Waals surface area contributed by atoms with E-state index >= 15 is 0 Å². The van der Waals surface area contributed by atoms with E-state index in [1.165, 1.54) is 6.26 Å². The van der Waals surface area contributed by atoms with Crippen LogP contribution in [0.2, 0.25) is 0 Å². The van der Waals surface area contributed by atoms with E-state index in [9.17, 15) is 0 Å². The van der Waals surface area contributed by atoms with Crippen LogP contribution in [0, 0.1) is 5.92 Å². The first-order valence-corrected chi connectivity index (χ1v) is 3.65. The van der Waals surface area contributed by atoms with Crippen LogP contribution in [-0.4, -0.2) is 6.61 Å². The molecule has 0 radical (unpaired) electrons. The Labute approximate surface area is 63.4 Å². The van der Waals surface area contributed by atoms with Gasteiger partial charge in [-0.2, -0.15) is 0 Å². The summed E-state index contributed by atoms with van der Waals surface area (Å²) < 4.78 is 5.02. The molecule has 0 aliphatic rings. The first-order valence-electron chi connectivity index (χ1n) is 3.65. The second-order valence-corrected chi connectivity index (χ2v) is 2.41. The number of allylic oxidation sites excluding steroid dienone is 2. The summed E-state index contributed by atoms with van der Waals surface area (Å²) in [6, 6.07) is 0. The van der Waals surface area contributed by atoms with Crippen molar-refractivity contribution in [2.24, 2.45) is 5.92 Å². The molecule has 1 nitrogen and oxygen atoms in total. The molecule has 0 fully saturated rings. The quantitative estimate of drug-likeness (QED) is 0.421. The van der Waals surface area contributed by atoms with E-state index in [2.05, 4.69) is 25.7 Å². The maximum Gasteiger partial charge on any atom is 0.0901 e. The normalized spacial score (nSPS) is 13.4. The van der Waals surface area contributed by atoms with Crippen LogP contribution in [-0.2, 0) is 4.74 Å². The lowest BCUT2D eigenvalue weighted by Crippen LogP contribution is -2.00. The molecule has 0 aliphatic carbocycles. The van der Waals surface area contributed by atoms with Gasteiger partial charge in [0.25, 0.3) is 0 Å². The summed E-state index contributed by atoms with van der Waals surface area (Å²) in [5.74, 6) is 0.592. The highest BCUT2D eigenvalue weighted by molar-refractivity contribution is 4.78. The Morgan fingerprint density at radius 2 is 2.30 bits per heavy atom. The van der Waals surface area contributed by atoms with E-state index in [1.807, 2.05) is 6.92 Å². The van der Waals surface area contributed by atoms with Crippen molar-refractivity contribution < 1.29 is 4.74 Å². The van der Waals surface area contributed by atoms with Crippen LogP contribution in [0.25, 0.3) is 0 Å². The van der Waals surface area contributed by atoms with Crippen molar-refractivity contribution in [3.63, 3.8) is 0 Å². The van der Waals surface area contributed by atoms with E-state index in [1.54, 1.807) is 0 Å². The van der Waals surface area contributed by atoms with Crippen LogP contribution in [0.1, 0.15) is 20.3 Å². The highest BCUT2D eigenvalue weighted by Gasteiger charge is 1.96. The first-order chi connectivity index (χ1) is 4.81. The minimum Gasteiger partial charge on any atom is -0.502 e. The summed E-state index contributed by atoms with van der Waals surface area (Å²) in [6.45, 7) is 8.43. The minimum atomic E-state index is 0.592. The zero-order valence-electron chi connectivity index (χ0n) is 6.84. The summed E-state index contributed by atoms with van der Waals surface area (Å²) >= 11 is 0. The molecule has 0 amide bonds. The Balaban J connectivity index is 3.24. The zero-order chi connectivity index (χ0) is 7.82. The molecule has 1 unspecified atom stereocenters. The lowest BCUT2D eigenvalue weighted by Gasteiger charge is -2.06. The Kier molecular flexibility index (Phi) is 5.94. The fourth-order valence-electron chi connectivity index (χ4n) is 0.669. The fraction of sp³-hybridized carbons (Fsp3) is 0.556. The number of hydrogen-bond donors (Lipinski definition) is 0. The predicted molar refractivity (Wildman–Crippen MR) is 44.7 cm³/mol. The molecule has 0 aromatic rings. The van der Waals surface area contributed by atoms with E-state index in [4.69, 9.17) is 4.74 Å². The number of hydrogen-bond acceptors (Lipinski definition) is 1. The van der Waals surface area contributed by atoms with Crippen LogP contribution >= 0.6 is 0 Å². The molecular weight excluding hydrogens is 124 g/mol. The van der Waals surface area contributed by atoms with Gasteiger partial charge in [-0.15, -0.1) is 0 Å². The third-order valence-corrected chi connectivity index (χ3v) is 1.27. The lowest BCUT2D eigenvalue weighted by molar-refractivity contribution is 0.205. The van der Waals surface area contributed by atoms with Gasteiger partial charge >= 0.3 is 0 Å². The van der Waals surface area contributed by atoms with Crippen LogP contribution in [0.4, 0.5) is 0 Å². The van der Waals surface area contributed by atoms with Gasteiger partial charge in [0.2, 0.25) is 0 Å². The second kappa shape index (κ2) is 6.40. The predicted octanol–water partition coefficient (Wildman–Crippen LogP) is 2.75. The minimum absolute atomic E-state index is 0.592. The summed E-state index contributed by atoms with van der Waals surface area (Å²) in [5.41, 5.74) is 0. The smallest absolute Gasteiger partial charge is 0.0901 e. The molecule has 1 heteroatoms. The van der Waals surface area contributed by atoms with Crippen molar-refractivity contribution in [1.29, 1.82) is 0 Å². The zero-order valence-corrected chi connectivity index (χ0v) is 6.84. The maximum absolute atomic E-state index is 5.02. The number of rotatable bonds is 5. The largest absolute Gasteiger partial charge is 0.502 e. The van der Waals surface area contributed by atoms with Crippen LogP contribution in [0.3, 0.4) is 0 Å². The topological polar surface area (TPSA) is 9.23 Å². The van der Waals surface area contributed by atoms with Crippen molar-refractivity contribution in [2.45, 2.75) is 20.3 Å².